The summed E-state index contributed by atoms with van der Waals surface area (Å²) in [4.78, 5) is 25.2. The Morgan fingerprint density at radius 3 is 0.855 bits per heavy atom. The SMILES string of the molecule is CC(=O)N[C@@H]1[C@@H](O)[C@H](O[C@@H]2O[C@H](CO)[C@@H](O[C@@H]3O[C@H](CO[C@H]4O[C@H](CO[C@H]5O[C@H](CO)[C@@H](O)[C@H](O)[C@@H]5O)[C@@H](O)[C@H](O[C@H]5O[C@H](CO)[C@@H](O)[C@H](O)[C@@H]5O)[C@@H]4O)[C@@H](O)[C@H](O[C@H]4O[C@H](CO)[C@@H](O)[C@H](O)[C@@H]4O[C@H]4O[C@H](CO)[C@@H](O)[C@H](O)[C@@H]4O[C@H]4O[C@H](CO)[C@@H](O)[C@H](O[C@H]5O[C@H](CO)[C@@H](O)[C@H](O)[C@H]5O)[C@@H]4O)[C@@H]3O)[C@H](O)[C@H]2NC(C)=O)[C@@H](CO)O[C@H]1O. The standard InChI is InChI=1S/C64H108N2O51/c1-13(75)65-25-35(85)48(21(9-73)101-55(25)98)111-56-26(66-14(2)76)36(86)49(22(10-74)108-56)112-62-47(97)52(34(84)24(110-62)12-100-58-45(95)51(114-60-44(94)39(89)29(79)17(5-69)104-60)33(83)23(109-58)11-99-57-42(92)37(87)27(77)15(3-67)102-57)115-63-54(41(91)31(81)18(6-70)106-63)117-64-53(40(90)30(80)19(7-71)107-64)116-61-46(96)50(32(82)20(8-72)105-61)113-59-43(93)38(88)28(78)16(4-68)103-59/h15-64,67-74,77-98H,3-12H2,1-2H3,(H,65,75)(H,66,76)/t15-,16-,17-,18-,19-,20-,21-,22-,23-,24-,25-,26-,27-,28-,29-,30-,31-,32-,33-,34-,35-,36-,37+,38+,39+,40+,41+,42+,43-,44+,45+,46+,47+,48-,49-,50+,51+,52+,53+,54+,55-,56+,57+,58+,59-,60-,61-,62+,63-,64-/m1/s1. The van der Waals surface area contributed by atoms with E-state index in [0.717, 1.165) is 13.8 Å². The third-order valence-electron chi connectivity index (χ3n) is 21.7. The number of aliphatic hydroxyl groups excluding tert-OH is 30. The molecule has 0 aromatic rings. The summed E-state index contributed by atoms with van der Waals surface area (Å²) in [6.45, 7) is -9.18. The third-order valence-corrected chi connectivity index (χ3v) is 21.7. The quantitative estimate of drug-likeness (QED) is 0.0318. The molecule has 32 N–H and O–H groups in total. The van der Waals surface area contributed by atoms with Crippen molar-refractivity contribution in [3.63, 3.8) is 0 Å². The molecule has 50 atom stereocenters. The maximum Gasteiger partial charge on any atom is 0.217 e. The van der Waals surface area contributed by atoms with Crippen molar-refractivity contribution in [2.45, 2.75) is 321 Å². The van der Waals surface area contributed by atoms with Crippen LogP contribution in [-0.2, 0) is 99.6 Å². The molecular formula is C64H108N2O51. The summed E-state index contributed by atoms with van der Waals surface area (Å²) >= 11 is 0. The predicted octanol–water partition coefficient (Wildman–Crippen LogP) is -22.5. The highest BCUT2D eigenvalue weighted by atomic mass is 16.8. The van der Waals surface area contributed by atoms with Crippen LogP contribution in [0.2, 0.25) is 0 Å². The molecule has 0 spiro atoms. The van der Waals surface area contributed by atoms with Crippen molar-refractivity contribution in [2.24, 2.45) is 0 Å². The Balaban J connectivity index is 0.986. The second-order valence-corrected chi connectivity index (χ2v) is 29.5. The monoisotopic (exact) mass is 1720 g/mol. The number of rotatable bonds is 30. The highest BCUT2D eigenvalue weighted by Crippen LogP contribution is 2.41. The van der Waals surface area contributed by atoms with Crippen LogP contribution in [0.5, 0.6) is 0 Å². The normalized spacial score (nSPS) is 51.5. The molecule has 10 aliphatic rings. The van der Waals surface area contributed by atoms with Crippen LogP contribution in [0.3, 0.4) is 0 Å². The zero-order valence-electron chi connectivity index (χ0n) is 61.9. The zero-order chi connectivity index (χ0) is 85.9. The van der Waals surface area contributed by atoms with Crippen LogP contribution in [0.1, 0.15) is 13.8 Å². The Morgan fingerprint density at radius 1 is 0.222 bits per heavy atom. The van der Waals surface area contributed by atoms with E-state index >= 15 is 0 Å². The molecule has 0 unspecified atom stereocenters. The highest BCUT2D eigenvalue weighted by Gasteiger charge is 2.62. The molecule has 0 bridgehead atoms. The van der Waals surface area contributed by atoms with E-state index in [1.165, 1.54) is 0 Å². The van der Waals surface area contributed by atoms with Gasteiger partial charge in [0.2, 0.25) is 11.8 Å². The molecule has 0 saturated carbocycles. The van der Waals surface area contributed by atoms with Crippen LogP contribution in [-0.4, -0.2) is 538 Å². The Kier molecular flexibility index (Phi) is 34.4. The van der Waals surface area contributed by atoms with Crippen LogP contribution in [0.15, 0.2) is 0 Å². The average molecular weight is 1720 g/mol. The molecular weight excluding hydrogens is 1610 g/mol. The van der Waals surface area contributed by atoms with Crippen molar-refractivity contribution in [1.29, 1.82) is 0 Å². The van der Waals surface area contributed by atoms with Crippen LogP contribution in [0, 0.1) is 0 Å². The molecule has 10 rings (SSSR count). The summed E-state index contributed by atoms with van der Waals surface area (Å²) in [7, 11) is 0. The third kappa shape index (κ3) is 20.7. The fourth-order valence-corrected chi connectivity index (χ4v) is 15.0. The van der Waals surface area contributed by atoms with Gasteiger partial charge in [-0.05, 0) is 0 Å². The van der Waals surface area contributed by atoms with E-state index in [2.05, 4.69) is 10.6 Å². The number of hydrogen-bond donors (Lipinski definition) is 32. The summed E-state index contributed by atoms with van der Waals surface area (Å²) < 4.78 is 111. The maximum atomic E-state index is 13.0. The van der Waals surface area contributed by atoms with E-state index in [9.17, 15) is 163 Å². The first-order chi connectivity index (χ1) is 55.4. The van der Waals surface area contributed by atoms with E-state index < -0.39 is 385 Å². The largest absolute Gasteiger partial charge is 0.394 e. The van der Waals surface area contributed by atoms with E-state index in [1.54, 1.807) is 0 Å². The Bertz CT molecular complexity index is 3050. The maximum absolute atomic E-state index is 13.0. The van der Waals surface area contributed by atoms with Gasteiger partial charge in [-0.2, -0.15) is 0 Å². The molecule has 53 nitrogen and oxygen atoms in total. The van der Waals surface area contributed by atoms with Crippen LogP contribution < -0.4 is 10.6 Å². The second-order valence-electron chi connectivity index (χ2n) is 29.5. The van der Waals surface area contributed by atoms with E-state index in [-0.39, 0.29) is 0 Å². The molecule has 10 heterocycles. The van der Waals surface area contributed by atoms with Gasteiger partial charge in [-0.3, -0.25) is 9.59 Å². The molecule has 117 heavy (non-hydrogen) atoms. The minimum absolute atomic E-state index is 0.804. The van der Waals surface area contributed by atoms with Gasteiger partial charge in [-0.1, -0.05) is 0 Å². The zero-order valence-corrected chi connectivity index (χ0v) is 61.9. The Morgan fingerprint density at radius 2 is 0.462 bits per heavy atom. The lowest BCUT2D eigenvalue weighted by atomic mass is 9.94. The highest BCUT2D eigenvalue weighted by molar-refractivity contribution is 5.73. The van der Waals surface area contributed by atoms with E-state index in [0.29, 0.717) is 0 Å². The van der Waals surface area contributed by atoms with E-state index in [4.69, 9.17) is 90.0 Å². The van der Waals surface area contributed by atoms with Crippen LogP contribution in [0.25, 0.3) is 0 Å². The van der Waals surface area contributed by atoms with Gasteiger partial charge in [0, 0.05) is 13.8 Å². The number of carbonyl (C=O) groups is 2. The molecule has 10 aliphatic heterocycles. The lowest BCUT2D eigenvalue weighted by molar-refractivity contribution is -0.411. The van der Waals surface area contributed by atoms with Gasteiger partial charge in [0.05, 0.1) is 66.1 Å². The number of ether oxygens (including phenoxy) is 19. The first-order valence-electron chi connectivity index (χ1n) is 37.2. The van der Waals surface area contributed by atoms with Crippen molar-refractivity contribution in [3.05, 3.63) is 0 Å². The van der Waals surface area contributed by atoms with Gasteiger partial charge >= 0.3 is 0 Å². The smallest absolute Gasteiger partial charge is 0.217 e. The molecule has 0 radical (unpaired) electrons. The summed E-state index contributed by atoms with van der Waals surface area (Å²) in [5, 5.41) is 337. The number of amides is 2. The number of hydrogen-bond acceptors (Lipinski definition) is 51. The van der Waals surface area contributed by atoms with Crippen LogP contribution >= 0.6 is 0 Å². The van der Waals surface area contributed by atoms with Crippen molar-refractivity contribution in [1.82, 2.24) is 10.6 Å². The summed E-state index contributed by atoms with van der Waals surface area (Å²) in [6.07, 6.45) is -103. The first kappa shape index (κ1) is 96.2. The van der Waals surface area contributed by atoms with Crippen molar-refractivity contribution in [3.8, 4) is 0 Å². The van der Waals surface area contributed by atoms with Crippen molar-refractivity contribution >= 4 is 11.8 Å². The second kappa shape index (κ2) is 41.9. The van der Waals surface area contributed by atoms with Gasteiger partial charge in [0.1, 0.15) is 244 Å². The minimum atomic E-state index is -2.64. The lowest BCUT2D eigenvalue weighted by Crippen LogP contribution is -2.70. The summed E-state index contributed by atoms with van der Waals surface area (Å²) in [6, 6.07) is -3.63. The number of aliphatic hydroxyl groups is 30. The van der Waals surface area contributed by atoms with Gasteiger partial charge in [-0.15, -0.1) is 0 Å². The van der Waals surface area contributed by atoms with Gasteiger partial charge < -0.3 is 254 Å². The molecule has 10 saturated heterocycles. The van der Waals surface area contributed by atoms with Gasteiger partial charge in [0.15, 0.2) is 62.9 Å². The summed E-state index contributed by atoms with van der Waals surface area (Å²) in [5.74, 6) is -1.77. The topological polar surface area (TPSA) is 840 Å². The number of carbonyl (C=O) groups excluding carboxylic acids is 2. The molecule has 2 amide bonds. The molecule has 680 valence electrons. The Labute approximate surface area is 660 Å². The van der Waals surface area contributed by atoms with Crippen LogP contribution in [0.4, 0.5) is 0 Å². The number of nitrogens with one attached hydrogen (secondary N) is 2. The predicted molar refractivity (Wildman–Crippen MR) is 353 cm³/mol. The Hall–Kier alpha value is -3.02. The molecule has 0 aromatic carbocycles. The van der Waals surface area contributed by atoms with Crippen molar-refractivity contribution < 1.29 is 253 Å². The molecule has 10 fully saturated rings. The van der Waals surface area contributed by atoms with Crippen molar-refractivity contribution in [2.75, 3.05) is 66.1 Å². The average Bonchev–Trinajstić information content (AvgIpc) is 0.773. The fourth-order valence-electron chi connectivity index (χ4n) is 15.0. The molecule has 53 heteroatoms. The van der Waals surface area contributed by atoms with Gasteiger partial charge in [0.25, 0.3) is 0 Å². The first-order valence-corrected chi connectivity index (χ1v) is 37.2. The minimum Gasteiger partial charge on any atom is -0.394 e. The molecule has 0 aromatic heterocycles. The van der Waals surface area contributed by atoms with Gasteiger partial charge in [-0.25, -0.2) is 0 Å². The van der Waals surface area contributed by atoms with E-state index in [1.807, 2.05) is 0 Å². The molecule has 0 aliphatic carbocycles. The fraction of sp³-hybridized carbons (Fsp3) is 0.969. The summed E-state index contributed by atoms with van der Waals surface area (Å²) in [5.41, 5.74) is 0. The lowest BCUT2D eigenvalue weighted by Gasteiger charge is -2.51.